The Labute approximate surface area is 121 Å². The summed E-state index contributed by atoms with van der Waals surface area (Å²) in [6.07, 6.45) is -1.82. The van der Waals surface area contributed by atoms with Crippen LogP contribution in [0.1, 0.15) is 5.56 Å². The third-order valence-corrected chi connectivity index (χ3v) is 3.00. The lowest BCUT2D eigenvalue weighted by molar-refractivity contribution is -0.137. The van der Waals surface area contributed by atoms with Crippen molar-refractivity contribution >= 4 is 16.7 Å². The van der Waals surface area contributed by atoms with Crippen molar-refractivity contribution in [2.45, 2.75) is 6.18 Å². The highest BCUT2D eigenvalue weighted by Crippen LogP contribution is 2.32. The Bertz CT molecular complexity index is 905. The normalized spacial score (nSPS) is 11.8. The molecule has 0 spiro atoms. The second-order valence-electron chi connectivity index (χ2n) is 4.39. The van der Waals surface area contributed by atoms with Gasteiger partial charge in [-0.2, -0.15) is 18.2 Å². The molecule has 0 unspecified atom stereocenters. The number of nitrogen functional groups attached to an aromatic ring is 1. The van der Waals surface area contributed by atoms with Gasteiger partial charge in [0.15, 0.2) is 0 Å². The predicted molar refractivity (Wildman–Crippen MR) is 72.3 cm³/mol. The van der Waals surface area contributed by atoms with E-state index in [4.69, 9.17) is 5.73 Å². The maximum absolute atomic E-state index is 12.9. The highest BCUT2D eigenvalue weighted by Gasteiger charge is 2.31. The summed E-state index contributed by atoms with van der Waals surface area (Å²) in [5, 5.41) is 0.208. The van der Waals surface area contributed by atoms with E-state index >= 15 is 0 Å². The summed E-state index contributed by atoms with van der Waals surface area (Å²) in [4.78, 5) is 23.4. The lowest BCUT2D eigenvalue weighted by Gasteiger charge is -2.12. The third-order valence-electron chi connectivity index (χ3n) is 3.00. The monoisotopic (exact) mass is 307 g/mol. The van der Waals surface area contributed by atoms with Crippen LogP contribution in [0.15, 0.2) is 41.5 Å². The molecule has 0 aliphatic heterocycles. The van der Waals surface area contributed by atoms with Gasteiger partial charge in [-0.25, -0.2) is 19.3 Å². The summed E-state index contributed by atoms with van der Waals surface area (Å²) in [5.74, 6) is -0.231. The van der Waals surface area contributed by atoms with Gasteiger partial charge in [-0.1, -0.05) is 0 Å². The summed E-state index contributed by atoms with van der Waals surface area (Å²) in [5.41, 5.74) is 3.80. The van der Waals surface area contributed by atoms with Crippen LogP contribution in [0.25, 0.3) is 16.9 Å². The average molecular weight is 307 g/mol. The van der Waals surface area contributed by atoms with Crippen LogP contribution in [0.3, 0.4) is 0 Å². The quantitative estimate of drug-likeness (QED) is 0.740. The summed E-state index contributed by atoms with van der Waals surface area (Å²) in [7, 11) is 0. The van der Waals surface area contributed by atoms with Gasteiger partial charge in [0.1, 0.15) is 5.82 Å². The number of hydrogen-bond donors (Lipinski definition) is 1. The number of halogens is 3. The molecule has 6 nitrogen and oxygen atoms in total. The number of fused-ring (bicyclic) bond motifs is 1. The van der Waals surface area contributed by atoms with Gasteiger partial charge in [0.2, 0.25) is 5.95 Å². The Balaban J connectivity index is 2.42. The van der Waals surface area contributed by atoms with E-state index in [0.717, 1.165) is 16.7 Å². The van der Waals surface area contributed by atoms with Crippen LogP contribution in [0.5, 0.6) is 0 Å². The largest absolute Gasteiger partial charge is 0.416 e. The fraction of sp³-hybridized carbons (Fsp3) is 0.0769. The van der Waals surface area contributed by atoms with Crippen molar-refractivity contribution in [1.82, 2.24) is 19.5 Å². The van der Waals surface area contributed by atoms with Crippen LogP contribution < -0.4 is 11.4 Å². The summed E-state index contributed by atoms with van der Waals surface area (Å²) in [6.45, 7) is 0. The molecule has 2 N–H and O–H groups in total. The van der Waals surface area contributed by atoms with Crippen LogP contribution >= 0.6 is 0 Å². The molecule has 0 bridgehead atoms. The van der Waals surface area contributed by atoms with E-state index in [9.17, 15) is 18.0 Å². The lowest BCUT2D eigenvalue weighted by atomic mass is 10.1. The van der Waals surface area contributed by atoms with Crippen LogP contribution in [0, 0.1) is 0 Å². The number of nitrogens with zero attached hydrogens (tertiary/aromatic N) is 4. The Morgan fingerprint density at radius 2 is 1.82 bits per heavy atom. The number of hydrogen-bond acceptors (Lipinski definition) is 5. The second kappa shape index (κ2) is 4.79. The molecule has 3 rings (SSSR count). The average Bonchev–Trinajstić information content (AvgIpc) is 2.47. The van der Waals surface area contributed by atoms with E-state index in [1.165, 1.54) is 24.5 Å². The first-order valence-corrected chi connectivity index (χ1v) is 6.05. The van der Waals surface area contributed by atoms with Gasteiger partial charge in [0, 0.05) is 17.8 Å². The molecular weight excluding hydrogens is 299 g/mol. The highest BCUT2D eigenvalue weighted by molar-refractivity contribution is 5.89. The summed E-state index contributed by atoms with van der Waals surface area (Å²) < 4.78 is 39.5. The highest BCUT2D eigenvalue weighted by atomic mass is 19.4. The van der Waals surface area contributed by atoms with Crippen molar-refractivity contribution in [1.29, 1.82) is 0 Å². The lowest BCUT2D eigenvalue weighted by Crippen LogP contribution is -2.25. The number of rotatable bonds is 1. The van der Waals surface area contributed by atoms with E-state index < -0.39 is 17.4 Å². The SMILES string of the molecule is Nc1nc(=O)n(-c2ncccn2)c2cc(C(F)(F)F)ccc12. The zero-order valence-electron chi connectivity index (χ0n) is 10.9. The molecule has 0 radical (unpaired) electrons. The number of nitrogens with two attached hydrogens (primary N) is 1. The predicted octanol–water partition coefficient (Wildman–Crippen LogP) is 1.78. The molecule has 2 heterocycles. The Morgan fingerprint density at radius 1 is 1.14 bits per heavy atom. The first-order chi connectivity index (χ1) is 10.4. The molecule has 2 aromatic heterocycles. The van der Waals surface area contributed by atoms with Crippen LogP contribution in [0.4, 0.5) is 19.0 Å². The number of anilines is 1. The van der Waals surface area contributed by atoms with Gasteiger partial charge in [-0.05, 0) is 24.3 Å². The van der Waals surface area contributed by atoms with Gasteiger partial charge >= 0.3 is 11.9 Å². The molecule has 112 valence electrons. The topological polar surface area (TPSA) is 86.7 Å². The number of benzene rings is 1. The Kier molecular flexibility index (Phi) is 3.05. The van der Waals surface area contributed by atoms with Crippen LogP contribution in [0.2, 0.25) is 0 Å². The second-order valence-corrected chi connectivity index (χ2v) is 4.39. The Morgan fingerprint density at radius 3 is 2.45 bits per heavy atom. The van der Waals surface area contributed by atoms with Crippen molar-refractivity contribution in [3.8, 4) is 5.95 Å². The maximum Gasteiger partial charge on any atom is 0.416 e. The van der Waals surface area contributed by atoms with Crippen molar-refractivity contribution in [3.05, 3.63) is 52.7 Å². The fourth-order valence-electron chi connectivity index (χ4n) is 2.03. The first-order valence-electron chi connectivity index (χ1n) is 6.05. The minimum absolute atomic E-state index is 0.0569. The molecule has 0 amide bonds. The van der Waals surface area contributed by atoms with Gasteiger partial charge < -0.3 is 5.73 Å². The molecule has 9 heteroatoms. The maximum atomic E-state index is 12.9. The zero-order valence-corrected chi connectivity index (χ0v) is 10.9. The molecular formula is C13H8F3N5O. The fourth-order valence-corrected chi connectivity index (χ4v) is 2.03. The third kappa shape index (κ3) is 2.26. The van der Waals surface area contributed by atoms with Gasteiger partial charge in [-0.15, -0.1) is 0 Å². The van der Waals surface area contributed by atoms with Crippen LogP contribution in [-0.2, 0) is 6.18 Å². The molecule has 0 aliphatic carbocycles. The molecule has 3 aromatic rings. The molecule has 0 saturated carbocycles. The van der Waals surface area contributed by atoms with Crippen LogP contribution in [-0.4, -0.2) is 19.5 Å². The molecule has 22 heavy (non-hydrogen) atoms. The zero-order chi connectivity index (χ0) is 15.9. The molecule has 0 aliphatic rings. The number of alkyl halides is 3. The molecule has 0 saturated heterocycles. The minimum atomic E-state index is -4.55. The Hall–Kier alpha value is -2.97. The van der Waals surface area contributed by atoms with Crippen molar-refractivity contribution in [2.24, 2.45) is 0 Å². The van der Waals surface area contributed by atoms with E-state index in [1.807, 2.05) is 0 Å². The molecule has 0 atom stereocenters. The van der Waals surface area contributed by atoms with Gasteiger partial charge in [-0.3, -0.25) is 0 Å². The molecule has 0 fully saturated rings. The van der Waals surface area contributed by atoms with Crippen molar-refractivity contribution in [3.63, 3.8) is 0 Å². The molecule has 1 aromatic carbocycles. The summed E-state index contributed by atoms with van der Waals surface area (Å²) >= 11 is 0. The number of aromatic nitrogens is 4. The van der Waals surface area contributed by atoms with Gasteiger partial charge in [0.25, 0.3) is 0 Å². The first kappa shape index (κ1) is 14.0. The van der Waals surface area contributed by atoms with E-state index in [0.29, 0.717) is 0 Å². The van der Waals surface area contributed by atoms with Gasteiger partial charge in [0.05, 0.1) is 11.1 Å². The smallest absolute Gasteiger partial charge is 0.383 e. The standard InChI is InChI=1S/C13H8F3N5O/c14-13(15,16)7-2-3-8-9(6-7)21(12(22)20-10(8)17)11-18-4-1-5-19-11/h1-6H,(H2,17,20,22). The summed E-state index contributed by atoms with van der Waals surface area (Å²) in [6, 6.07) is 4.38. The van der Waals surface area contributed by atoms with E-state index in [-0.39, 0.29) is 22.7 Å². The van der Waals surface area contributed by atoms with Crippen molar-refractivity contribution in [2.75, 3.05) is 5.73 Å². The minimum Gasteiger partial charge on any atom is -0.383 e. The van der Waals surface area contributed by atoms with E-state index in [1.54, 1.807) is 0 Å². The van der Waals surface area contributed by atoms with E-state index in [2.05, 4.69) is 15.0 Å². The van der Waals surface area contributed by atoms with Crippen molar-refractivity contribution < 1.29 is 13.2 Å².